The van der Waals surface area contributed by atoms with Gasteiger partial charge in [0.1, 0.15) is 6.61 Å². The quantitative estimate of drug-likeness (QED) is 0.385. The number of halogens is 3. The molecule has 174 valence electrons. The predicted molar refractivity (Wildman–Crippen MR) is 113 cm³/mol. The summed E-state index contributed by atoms with van der Waals surface area (Å²) in [7, 11) is -6.23. The lowest BCUT2D eigenvalue weighted by Gasteiger charge is -2.22. The summed E-state index contributed by atoms with van der Waals surface area (Å²) in [6.45, 7) is 4.35. The number of ether oxygens (including phenoxy) is 1. The second-order valence-electron chi connectivity index (χ2n) is 6.65. The zero-order chi connectivity index (χ0) is 23.9. The van der Waals surface area contributed by atoms with Crippen molar-refractivity contribution in [1.82, 2.24) is 4.98 Å². The Labute approximate surface area is 184 Å². The van der Waals surface area contributed by atoms with Gasteiger partial charge in [0.15, 0.2) is 10.1 Å². The van der Waals surface area contributed by atoms with E-state index in [-0.39, 0.29) is 5.56 Å². The smallest absolute Gasteiger partial charge is 0.368 e. The lowest BCUT2D eigenvalue weighted by molar-refractivity contribution is -0.0362. The SMILES string of the molecule is CCN(CC)c1ccc(/C=C/c2ccc(C(=O)OCC(F)C(F)(F)S(=O)(=O)[O-])cn2)cc1. The van der Waals surface area contributed by atoms with Crippen molar-refractivity contribution in [1.29, 1.82) is 0 Å². The Morgan fingerprint density at radius 1 is 1.16 bits per heavy atom. The van der Waals surface area contributed by atoms with Crippen LogP contribution in [0.25, 0.3) is 12.2 Å². The van der Waals surface area contributed by atoms with E-state index in [1.165, 1.54) is 12.1 Å². The van der Waals surface area contributed by atoms with Crippen molar-refractivity contribution in [3.63, 3.8) is 0 Å². The first-order valence-electron chi connectivity index (χ1n) is 9.63. The van der Waals surface area contributed by atoms with Gasteiger partial charge >= 0.3 is 11.2 Å². The van der Waals surface area contributed by atoms with Crippen LogP contribution in [-0.2, 0) is 14.9 Å². The van der Waals surface area contributed by atoms with Crippen molar-refractivity contribution < 1.29 is 35.7 Å². The van der Waals surface area contributed by atoms with Crippen LogP contribution in [0, 0.1) is 0 Å². The first kappa shape index (κ1) is 25.3. The molecule has 0 spiro atoms. The standard InChI is InChI=1S/C21H23F3N2O5S/c1-3-26(4-2)18-11-6-15(7-12-18)5-9-17-10-8-16(13-25-17)20(27)31-14-19(22)21(23,24)32(28,29)30/h5-13,19H,3-4,14H2,1-2H3,(H,28,29,30)/p-1/b9-5+. The molecule has 11 heteroatoms. The van der Waals surface area contributed by atoms with Gasteiger partial charge in [-0.15, -0.1) is 0 Å². The highest BCUT2D eigenvalue weighted by atomic mass is 32.2. The molecule has 32 heavy (non-hydrogen) atoms. The number of hydrogen-bond donors (Lipinski definition) is 0. The average molecular weight is 471 g/mol. The maximum absolute atomic E-state index is 13.4. The maximum atomic E-state index is 13.4. The van der Waals surface area contributed by atoms with Crippen LogP contribution < -0.4 is 4.90 Å². The summed E-state index contributed by atoms with van der Waals surface area (Å²) in [5.74, 6) is -1.19. The minimum absolute atomic E-state index is 0.161. The first-order valence-corrected chi connectivity index (χ1v) is 11.0. The molecule has 0 fully saturated rings. The van der Waals surface area contributed by atoms with Crippen LogP contribution in [0.1, 0.15) is 35.5 Å². The zero-order valence-corrected chi connectivity index (χ0v) is 18.2. The number of rotatable bonds is 10. The largest absolute Gasteiger partial charge is 0.743 e. The summed E-state index contributed by atoms with van der Waals surface area (Å²) in [4.78, 5) is 18.1. The van der Waals surface area contributed by atoms with E-state index in [1.807, 2.05) is 30.3 Å². The normalized spacial score (nSPS) is 13.2. The molecule has 0 N–H and O–H groups in total. The van der Waals surface area contributed by atoms with Gasteiger partial charge in [-0.1, -0.05) is 18.2 Å². The van der Waals surface area contributed by atoms with Crippen molar-refractivity contribution in [2.75, 3.05) is 24.6 Å². The van der Waals surface area contributed by atoms with Crippen LogP contribution in [0.5, 0.6) is 0 Å². The predicted octanol–water partition coefficient (Wildman–Crippen LogP) is 3.73. The third kappa shape index (κ3) is 6.30. The Balaban J connectivity index is 1.97. The maximum Gasteiger partial charge on any atom is 0.368 e. The van der Waals surface area contributed by atoms with Crippen LogP contribution in [-0.4, -0.2) is 55.0 Å². The van der Waals surface area contributed by atoms with Gasteiger partial charge in [0.2, 0.25) is 6.17 Å². The number of benzene rings is 1. The van der Waals surface area contributed by atoms with Gasteiger partial charge in [-0.05, 0) is 49.8 Å². The molecule has 2 rings (SSSR count). The molecule has 0 amide bonds. The van der Waals surface area contributed by atoms with Crippen molar-refractivity contribution in [3.8, 4) is 0 Å². The minimum atomic E-state index is -6.23. The third-order valence-corrected chi connectivity index (χ3v) is 5.47. The molecule has 1 aromatic heterocycles. The van der Waals surface area contributed by atoms with E-state index < -0.39 is 34.1 Å². The first-order chi connectivity index (χ1) is 15.0. The molecule has 0 bridgehead atoms. The number of aromatic nitrogens is 1. The van der Waals surface area contributed by atoms with E-state index in [2.05, 4.69) is 28.5 Å². The van der Waals surface area contributed by atoms with E-state index in [0.717, 1.165) is 30.5 Å². The summed E-state index contributed by atoms with van der Waals surface area (Å²) in [5.41, 5.74) is 2.36. The van der Waals surface area contributed by atoms with E-state index in [1.54, 1.807) is 6.08 Å². The number of anilines is 1. The molecule has 0 radical (unpaired) electrons. The summed E-state index contributed by atoms with van der Waals surface area (Å²) < 4.78 is 75.0. The lowest BCUT2D eigenvalue weighted by Crippen LogP contribution is -2.41. The van der Waals surface area contributed by atoms with Gasteiger partial charge in [0.05, 0.1) is 11.3 Å². The van der Waals surface area contributed by atoms with Gasteiger partial charge in [-0.3, -0.25) is 4.98 Å². The number of hydrogen-bond acceptors (Lipinski definition) is 7. The van der Waals surface area contributed by atoms with E-state index in [9.17, 15) is 30.9 Å². The Kier molecular flexibility index (Phi) is 8.39. The van der Waals surface area contributed by atoms with Crippen LogP contribution in [0.15, 0.2) is 42.6 Å². The second kappa shape index (κ2) is 10.6. The molecule has 0 saturated carbocycles. The molecule has 0 saturated heterocycles. The molecular formula is C21H22F3N2O5S-. The van der Waals surface area contributed by atoms with Gasteiger partial charge < -0.3 is 14.2 Å². The van der Waals surface area contributed by atoms with Crippen molar-refractivity contribution in [2.45, 2.75) is 25.3 Å². The lowest BCUT2D eigenvalue weighted by atomic mass is 10.1. The highest BCUT2D eigenvalue weighted by molar-refractivity contribution is 7.86. The fourth-order valence-corrected chi connectivity index (χ4v) is 3.06. The number of carbonyl (C=O) groups excluding carboxylic acids is 1. The summed E-state index contributed by atoms with van der Waals surface area (Å²) >= 11 is 0. The van der Waals surface area contributed by atoms with Gasteiger partial charge in [0.25, 0.3) is 0 Å². The van der Waals surface area contributed by atoms with Crippen LogP contribution in [0.3, 0.4) is 0 Å². The Morgan fingerprint density at radius 3 is 2.28 bits per heavy atom. The fourth-order valence-electron chi connectivity index (χ4n) is 2.68. The van der Waals surface area contributed by atoms with Gasteiger partial charge in [-0.2, -0.15) is 8.78 Å². The molecule has 0 aliphatic rings. The average Bonchev–Trinajstić information content (AvgIpc) is 2.77. The molecular weight excluding hydrogens is 449 g/mol. The van der Waals surface area contributed by atoms with Gasteiger partial charge in [-0.25, -0.2) is 17.6 Å². The molecule has 1 atom stereocenters. The Hall–Kier alpha value is -2.92. The number of alkyl halides is 3. The Morgan fingerprint density at radius 2 is 1.78 bits per heavy atom. The summed E-state index contributed by atoms with van der Waals surface area (Å²) in [6.07, 6.45) is 1.11. The molecule has 1 aromatic carbocycles. The van der Waals surface area contributed by atoms with Crippen LogP contribution in [0.2, 0.25) is 0 Å². The number of nitrogens with zero attached hydrogens (tertiary/aromatic N) is 2. The topological polar surface area (TPSA) is 99.6 Å². The third-order valence-electron chi connectivity index (χ3n) is 4.55. The van der Waals surface area contributed by atoms with Crippen LogP contribution in [0.4, 0.5) is 18.9 Å². The van der Waals surface area contributed by atoms with E-state index >= 15 is 0 Å². The molecule has 1 heterocycles. The van der Waals surface area contributed by atoms with Crippen molar-refractivity contribution in [3.05, 3.63) is 59.4 Å². The number of carbonyl (C=O) groups is 1. The van der Waals surface area contributed by atoms with Crippen LogP contribution >= 0.6 is 0 Å². The van der Waals surface area contributed by atoms with E-state index in [0.29, 0.717) is 5.69 Å². The molecule has 2 aromatic rings. The highest BCUT2D eigenvalue weighted by Gasteiger charge is 2.48. The summed E-state index contributed by atoms with van der Waals surface area (Å²) in [5, 5.41) is -5.20. The molecule has 0 aliphatic carbocycles. The second-order valence-corrected chi connectivity index (χ2v) is 8.10. The van der Waals surface area contributed by atoms with E-state index in [4.69, 9.17) is 0 Å². The molecule has 0 aliphatic heterocycles. The molecule has 1 unspecified atom stereocenters. The summed E-state index contributed by atoms with van der Waals surface area (Å²) in [6, 6.07) is 10.6. The minimum Gasteiger partial charge on any atom is -0.743 e. The monoisotopic (exact) mass is 471 g/mol. The van der Waals surface area contributed by atoms with Crippen molar-refractivity contribution in [2.24, 2.45) is 0 Å². The number of pyridine rings is 1. The number of esters is 1. The Bertz CT molecular complexity index is 1040. The zero-order valence-electron chi connectivity index (χ0n) is 17.4. The fraction of sp³-hybridized carbons (Fsp3) is 0.333. The highest BCUT2D eigenvalue weighted by Crippen LogP contribution is 2.27. The van der Waals surface area contributed by atoms with Gasteiger partial charge in [0, 0.05) is 25.0 Å². The van der Waals surface area contributed by atoms with Crippen molar-refractivity contribution >= 4 is 33.9 Å². The molecule has 7 nitrogen and oxygen atoms in total.